The van der Waals surface area contributed by atoms with E-state index in [1.54, 1.807) is 11.3 Å². The van der Waals surface area contributed by atoms with E-state index in [-0.39, 0.29) is 6.10 Å². The Morgan fingerprint density at radius 1 is 0.875 bits per heavy atom. The van der Waals surface area contributed by atoms with Crippen molar-refractivity contribution in [3.8, 4) is 22.4 Å². The van der Waals surface area contributed by atoms with Gasteiger partial charge in [-0.25, -0.2) is 4.68 Å². The van der Waals surface area contributed by atoms with Gasteiger partial charge in [-0.05, 0) is 29.5 Å². The fourth-order valence-corrected chi connectivity index (χ4v) is 4.66. The second-order valence-electron chi connectivity index (χ2n) is 7.79. The lowest BCUT2D eigenvalue weighted by molar-refractivity contribution is 0.117. The number of thiazole rings is 1. The van der Waals surface area contributed by atoms with Crippen LogP contribution in [0.4, 0.5) is 0 Å². The molecular weight excluding hydrogens is 414 g/mol. The maximum absolute atomic E-state index is 5.75. The molecule has 1 unspecified atom stereocenters. The highest BCUT2D eigenvalue weighted by Crippen LogP contribution is 2.21. The molecular formula is C27H25N3OS. The number of nitrogens with zero attached hydrogens (tertiary/aromatic N) is 3. The molecule has 5 rings (SSSR count). The van der Waals surface area contributed by atoms with E-state index < -0.39 is 0 Å². The smallest absolute Gasteiger partial charge is 0.206 e. The summed E-state index contributed by atoms with van der Waals surface area (Å²) in [5.41, 5.74) is 5.62. The van der Waals surface area contributed by atoms with Gasteiger partial charge in [0.15, 0.2) is 0 Å². The zero-order chi connectivity index (χ0) is 21.6. The molecule has 0 N–H and O–H groups in total. The number of ether oxygens (including phenoxy) is 1. The Balaban J connectivity index is 1.45. The third-order valence-electron chi connectivity index (χ3n) is 5.55. The van der Waals surface area contributed by atoms with Gasteiger partial charge in [0.1, 0.15) is 0 Å². The van der Waals surface area contributed by atoms with Crippen molar-refractivity contribution in [2.24, 2.45) is 10.1 Å². The molecule has 1 aliphatic rings. The van der Waals surface area contributed by atoms with Crippen molar-refractivity contribution >= 4 is 17.6 Å². The molecule has 1 saturated heterocycles. The van der Waals surface area contributed by atoms with Gasteiger partial charge in [-0.2, -0.15) is 5.10 Å². The van der Waals surface area contributed by atoms with Gasteiger partial charge in [-0.3, -0.25) is 4.99 Å². The van der Waals surface area contributed by atoms with Crippen LogP contribution in [0.3, 0.4) is 0 Å². The van der Waals surface area contributed by atoms with Crippen molar-refractivity contribution in [2.75, 3.05) is 13.2 Å². The maximum Gasteiger partial charge on any atom is 0.206 e. The zero-order valence-electron chi connectivity index (χ0n) is 17.8. The van der Waals surface area contributed by atoms with Crippen molar-refractivity contribution in [3.63, 3.8) is 0 Å². The van der Waals surface area contributed by atoms with Crippen molar-refractivity contribution in [3.05, 3.63) is 101 Å². The minimum absolute atomic E-state index is 0.222. The molecule has 1 atom stereocenters. The van der Waals surface area contributed by atoms with Gasteiger partial charge in [0.2, 0.25) is 4.80 Å². The molecule has 3 aromatic carbocycles. The Morgan fingerprint density at radius 3 is 2.25 bits per heavy atom. The largest absolute Gasteiger partial charge is 0.376 e. The summed E-state index contributed by atoms with van der Waals surface area (Å²) in [7, 11) is 0. The Labute approximate surface area is 192 Å². The van der Waals surface area contributed by atoms with E-state index in [9.17, 15) is 0 Å². The van der Waals surface area contributed by atoms with Crippen LogP contribution in [-0.2, 0) is 4.74 Å². The lowest BCUT2D eigenvalue weighted by Gasteiger charge is -2.06. The van der Waals surface area contributed by atoms with Crippen LogP contribution in [0.15, 0.2) is 100 Å². The van der Waals surface area contributed by atoms with Gasteiger partial charge in [-0.1, -0.05) is 84.9 Å². The van der Waals surface area contributed by atoms with Gasteiger partial charge in [0, 0.05) is 17.6 Å². The molecule has 4 aromatic rings. The molecule has 160 valence electrons. The van der Waals surface area contributed by atoms with E-state index in [1.165, 1.54) is 11.1 Å². The summed E-state index contributed by atoms with van der Waals surface area (Å²) in [6, 6.07) is 29.2. The minimum atomic E-state index is 0.222. The first-order valence-electron chi connectivity index (χ1n) is 10.9. The number of hydrogen-bond acceptors (Lipinski definition) is 4. The van der Waals surface area contributed by atoms with Crippen LogP contribution in [0.5, 0.6) is 0 Å². The van der Waals surface area contributed by atoms with E-state index >= 15 is 0 Å². The Kier molecular flexibility index (Phi) is 6.37. The van der Waals surface area contributed by atoms with Crippen molar-refractivity contribution in [2.45, 2.75) is 18.9 Å². The summed E-state index contributed by atoms with van der Waals surface area (Å²) in [6.45, 7) is 1.52. The molecule has 0 bridgehead atoms. The molecule has 0 amide bonds. The highest BCUT2D eigenvalue weighted by Gasteiger charge is 2.15. The number of hydrogen-bond donors (Lipinski definition) is 0. The van der Waals surface area contributed by atoms with Crippen LogP contribution in [0, 0.1) is 0 Å². The fourth-order valence-electron chi connectivity index (χ4n) is 3.81. The molecule has 0 radical (unpaired) electrons. The Morgan fingerprint density at radius 2 is 1.56 bits per heavy atom. The highest BCUT2D eigenvalue weighted by atomic mass is 32.1. The van der Waals surface area contributed by atoms with Gasteiger partial charge in [0.25, 0.3) is 0 Å². The average molecular weight is 440 g/mol. The average Bonchev–Trinajstić information content (AvgIpc) is 3.53. The predicted molar refractivity (Wildman–Crippen MR) is 132 cm³/mol. The van der Waals surface area contributed by atoms with Crippen LogP contribution in [0.25, 0.3) is 22.4 Å². The van der Waals surface area contributed by atoms with Gasteiger partial charge in [-0.15, -0.1) is 11.3 Å². The van der Waals surface area contributed by atoms with Crippen molar-refractivity contribution in [1.82, 2.24) is 4.68 Å². The Hall–Kier alpha value is -3.28. The SMILES string of the molecule is C(=Nn1c(-c2ccccc2)csc1=NCC1CCCO1)c1ccc(-c2ccccc2)cc1. The molecule has 0 aliphatic carbocycles. The van der Waals surface area contributed by atoms with E-state index in [1.807, 2.05) is 35.2 Å². The second-order valence-corrected chi connectivity index (χ2v) is 8.63. The predicted octanol–water partition coefficient (Wildman–Crippen LogP) is 5.85. The standard InChI is InChI=1S/C27H25N3OS/c1-3-8-22(9-4-1)23-15-13-21(14-16-23)18-29-30-26(24-10-5-2-6-11-24)20-32-27(30)28-19-25-12-7-17-31-25/h1-6,8-11,13-16,18,20,25H,7,12,17,19H2. The molecule has 32 heavy (non-hydrogen) atoms. The van der Waals surface area contributed by atoms with E-state index in [0.717, 1.165) is 41.1 Å². The third-order valence-corrected chi connectivity index (χ3v) is 6.40. The molecule has 5 heteroatoms. The summed E-state index contributed by atoms with van der Waals surface area (Å²) < 4.78 is 7.69. The molecule has 4 nitrogen and oxygen atoms in total. The fraction of sp³-hybridized carbons (Fsp3) is 0.185. The van der Waals surface area contributed by atoms with E-state index in [4.69, 9.17) is 14.8 Å². The first-order chi connectivity index (χ1) is 15.9. The van der Waals surface area contributed by atoms with Crippen LogP contribution in [0.1, 0.15) is 18.4 Å². The monoisotopic (exact) mass is 439 g/mol. The number of aromatic nitrogens is 1. The molecule has 1 fully saturated rings. The van der Waals surface area contributed by atoms with Gasteiger partial charge >= 0.3 is 0 Å². The number of benzene rings is 3. The first kappa shape index (κ1) is 20.6. The van der Waals surface area contributed by atoms with Crippen molar-refractivity contribution in [1.29, 1.82) is 0 Å². The minimum Gasteiger partial charge on any atom is -0.376 e. The van der Waals surface area contributed by atoms with Crippen LogP contribution in [0.2, 0.25) is 0 Å². The normalized spacial score (nSPS) is 16.8. The molecule has 1 aromatic heterocycles. The summed E-state index contributed by atoms with van der Waals surface area (Å²) in [4.78, 5) is 5.73. The quantitative estimate of drug-likeness (QED) is 0.348. The zero-order valence-corrected chi connectivity index (χ0v) is 18.6. The highest BCUT2D eigenvalue weighted by molar-refractivity contribution is 7.07. The third kappa shape index (κ3) is 4.79. The van der Waals surface area contributed by atoms with Gasteiger partial charge in [0.05, 0.1) is 24.6 Å². The maximum atomic E-state index is 5.75. The molecule has 2 heterocycles. The van der Waals surface area contributed by atoms with Crippen LogP contribution < -0.4 is 4.80 Å². The topological polar surface area (TPSA) is 38.9 Å². The molecule has 1 aliphatic heterocycles. The summed E-state index contributed by atoms with van der Waals surface area (Å²) >= 11 is 1.62. The summed E-state index contributed by atoms with van der Waals surface area (Å²) in [6.07, 6.45) is 4.33. The molecule has 0 spiro atoms. The summed E-state index contributed by atoms with van der Waals surface area (Å²) in [5.74, 6) is 0. The van der Waals surface area contributed by atoms with Crippen LogP contribution in [-0.4, -0.2) is 30.1 Å². The first-order valence-corrected chi connectivity index (χ1v) is 11.8. The van der Waals surface area contributed by atoms with Crippen LogP contribution >= 0.6 is 11.3 Å². The number of rotatable bonds is 6. The van der Waals surface area contributed by atoms with Crippen molar-refractivity contribution < 1.29 is 4.74 Å². The molecule has 0 saturated carbocycles. The van der Waals surface area contributed by atoms with E-state index in [2.05, 4.69) is 66.0 Å². The van der Waals surface area contributed by atoms with Gasteiger partial charge < -0.3 is 4.74 Å². The van der Waals surface area contributed by atoms with E-state index in [0.29, 0.717) is 6.54 Å². The lowest BCUT2D eigenvalue weighted by atomic mass is 10.0. The Bertz CT molecular complexity index is 1240. The summed E-state index contributed by atoms with van der Waals surface area (Å²) in [5, 5.41) is 6.95. The lowest BCUT2D eigenvalue weighted by Crippen LogP contribution is -2.17. The second kappa shape index (κ2) is 9.90.